The Hall–Kier alpha value is -2.21. The quantitative estimate of drug-likeness (QED) is 0.767. The highest BCUT2D eigenvalue weighted by Crippen LogP contribution is 2.24. The summed E-state index contributed by atoms with van der Waals surface area (Å²) in [5, 5.41) is 11.4. The molecule has 2 aromatic rings. The molecule has 5 nitrogen and oxygen atoms in total. The number of aliphatic carboxylic acids is 1. The van der Waals surface area contributed by atoms with Crippen LogP contribution in [0.15, 0.2) is 52.0 Å². The lowest BCUT2D eigenvalue weighted by atomic mass is 10.2. The second-order valence-electron chi connectivity index (χ2n) is 4.83. The molecular weight excluding hydrogens is 302 g/mol. The Balaban J connectivity index is 1.94. The zero-order chi connectivity index (χ0) is 15.9. The molecule has 0 bridgehead atoms. The van der Waals surface area contributed by atoms with Crippen molar-refractivity contribution in [2.24, 2.45) is 5.92 Å². The highest BCUT2D eigenvalue weighted by atomic mass is 32.2. The number of rotatable bonds is 7. The first kappa shape index (κ1) is 16.2. The maximum atomic E-state index is 12.1. The predicted octanol–water partition coefficient (Wildman–Crippen LogP) is 3.02. The Kier molecular flexibility index (Phi) is 5.66. The average Bonchev–Trinajstić information content (AvgIpc) is 2.99. The second-order valence-corrected chi connectivity index (χ2v) is 5.87. The molecule has 22 heavy (non-hydrogen) atoms. The largest absolute Gasteiger partial charge is 0.481 e. The van der Waals surface area contributed by atoms with Crippen LogP contribution in [-0.4, -0.2) is 23.5 Å². The van der Waals surface area contributed by atoms with Gasteiger partial charge in [0, 0.05) is 22.8 Å². The molecule has 0 aliphatic carbocycles. The van der Waals surface area contributed by atoms with Crippen LogP contribution in [0.2, 0.25) is 0 Å². The summed E-state index contributed by atoms with van der Waals surface area (Å²) in [4.78, 5) is 23.9. The van der Waals surface area contributed by atoms with Crippen LogP contribution in [0, 0.1) is 5.92 Å². The van der Waals surface area contributed by atoms with Gasteiger partial charge >= 0.3 is 5.97 Å². The van der Waals surface area contributed by atoms with Crippen molar-refractivity contribution >= 4 is 23.6 Å². The van der Waals surface area contributed by atoms with Gasteiger partial charge in [0.2, 0.25) is 0 Å². The maximum Gasteiger partial charge on any atom is 0.308 e. The van der Waals surface area contributed by atoms with E-state index in [-0.39, 0.29) is 18.2 Å². The molecule has 1 unspecified atom stereocenters. The van der Waals surface area contributed by atoms with Crippen molar-refractivity contribution < 1.29 is 19.1 Å². The van der Waals surface area contributed by atoms with Gasteiger partial charge in [-0.1, -0.05) is 25.1 Å². The van der Waals surface area contributed by atoms with E-state index in [1.54, 1.807) is 17.8 Å². The number of carboxylic acid groups (broad SMARTS) is 1. The fourth-order valence-electron chi connectivity index (χ4n) is 1.74. The molecule has 2 rings (SSSR count). The first-order valence-corrected chi connectivity index (χ1v) is 7.81. The minimum absolute atomic E-state index is 0.0696. The summed E-state index contributed by atoms with van der Waals surface area (Å²) in [6, 6.07) is 11.6. The zero-order valence-corrected chi connectivity index (χ0v) is 12.9. The van der Waals surface area contributed by atoms with Crippen LogP contribution in [0.1, 0.15) is 23.0 Å². The number of amides is 1. The van der Waals surface area contributed by atoms with Crippen LogP contribution in [0.3, 0.4) is 0 Å². The first-order chi connectivity index (χ1) is 10.6. The lowest BCUT2D eigenvalue weighted by molar-refractivity contribution is -0.140. The minimum Gasteiger partial charge on any atom is -0.481 e. The number of hydrogen-bond acceptors (Lipinski definition) is 4. The highest BCUT2D eigenvalue weighted by Gasteiger charge is 2.18. The molecule has 1 atom stereocenters. The van der Waals surface area contributed by atoms with Crippen molar-refractivity contribution in [3.63, 3.8) is 0 Å². The van der Waals surface area contributed by atoms with E-state index in [1.807, 2.05) is 30.3 Å². The number of nitrogens with one attached hydrogen (secondary N) is 1. The zero-order valence-electron chi connectivity index (χ0n) is 12.1. The van der Waals surface area contributed by atoms with Crippen LogP contribution in [0.5, 0.6) is 0 Å². The van der Waals surface area contributed by atoms with Crippen LogP contribution >= 0.6 is 11.8 Å². The monoisotopic (exact) mass is 319 g/mol. The number of carboxylic acids is 1. The summed E-state index contributed by atoms with van der Waals surface area (Å²) in [7, 11) is 0. The molecule has 6 heteroatoms. The second kappa shape index (κ2) is 7.70. The molecule has 116 valence electrons. The Bertz CT molecular complexity index is 639. The molecule has 1 heterocycles. The molecule has 0 spiro atoms. The standard InChI is InChI=1S/C16H17NO4S/c1-11(16(19)20)9-17-15(18)14-12(7-8-21-14)10-22-13-5-3-2-4-6-13/h2-8,11H,9-10H2,1H3,(H,17,18)(H,19,20). The molecule has 0 saturated heterocycles. The normalized spacial score (nSPS) is 11.9. The molecule has 1 aromatic heterocycles. The Morgan fingerprint density at radius 3 is 2.68 bits per heavy atom. The van der Waals surface area contributed by atoms with Gasteiger partial charge in [-0.05, 0) is 18.2 Å². The number of carbonyl (C=O) groups excluding carboxylic acids is 1. The third-order valence-corrected chi connectivity index (χ3v) is 4.14. The van der Waals surface area contributed by atoms with Crippen molar-refractivity contribution in [1.29, 1.82) is 0 Å². The lowest BCUT2D eigenvalue weighted by Gasteiger charge is -2.08. The van der Waals surface area contributed by atoms with Crippen molar-refractivity contribution in [2.75, 3.05) is 6.54 Å². The molecule has 1 amide bonds. The Labute approximate surface area is 132 Å². The summed E-state index contributed by atoms with van der Waals surface area (Å²) >= 11 is 1.60. The fourth-order valence-corrected chi connectivity index (χ4v) is 2.64. The van der Waals surface area contributed by atoms with E-state index in [0.717, 1.165) is 10.5 Å². The highest BCUT2D eigenvalue weighted by molar-refractivity contribution is 7.98. The van der Waals surface area contributed by atoms with E-state index in [0.29, 0.717) is 5.75 Å². The molecule has 0 fully saturated rings. The molecule has 0 aliphatic rings. The van der Waals surface area contributed by atoms with E-state index in [2.05, 4.69) is 5.32 Å². The average molecular weight is 319 g/mol. The molecule has 0 saturated carbocycles. The predicted molar refractivity (Wildman–Crippen MR) is 83.8 cm³/mol. The third kappa shape index (κ3) is 4.39. The van der Waals surface area contributed by atoms with Gasteiger partial charge in [0.15, 0.2) is 5.76 Å². The third-order valence-electron chi connectivity index (χ3n) is 3.08. The van der Waals surface area contributed by atoms with Gasteiger partial charge in [-0.3, -0.25) is 9.59 Å². The first-order valence-electron chi connectivity index (χ1n) is 6.83. The number of thioether (sulfide) groups is 1. The molecule has 2 N–H and O–H groups in total. The number of benzene rings is 1. The van der Waals surface area contributed by atoms with Gasteiger partial charge in [-0.2, -0.15) is 0 Å². The summed E-state index contributed by atoms with van der Waals surface area (Å²) in [6.45, 7) is 1.61. The smallest absolute Gasteiger partial charge is 0.308 e. The van der Waals surface area contributed by atoms with E-state index in [9.17, 15) is 9.59 Å². The van der Waals surface area contributed by atoms with Crippen molar-refractivity contribution in [2.45, 2.75) is 17.6 Å². The van der Waals surface area contributed by atoms with Gasteiger partial charge in [0.05, 0.1) is 12.2 Å². The van der Waals surface area contributed by atoms with Crippen molar-refractivity contribution in [1.82, 2.24) is 5.32 Å². The SMILES string of the molecule is CC(CNC(=O)c1occc1CSc1ccccc1)C(=O)O. The van der Waals surface area contributed by atoms with Gasteiger partial charge in [0.1, 0.15) is 0 Å². The minimum atomic E-state index is -0.945. The Morgan fingerprint density at radius 1 is 1.27 bits per heavy atom. The van der Waals surface area contributed by atoms with Crippen molar-refractivity contribution in [3.8, 4) is 0 Å². The van der Waals surface area contributed by atoms with Crippen LogP contribution < -0.4 is 5.32 Å². The molecular formula is C16H17NO4S. The molecule has 1 aromatic carbocycles. The van der Waals surface area contributed by atoms with E-state index in [1.165, 1.54) is 13.2 Å². The van der Waals surface area contributed by atoms with E-state index < -0.39 is 11.9 Å². The number of furan rings is 1. The summed E-state index contributed by atoms with van der Waals surface area (Å²) in [5.41, 5.74) is 0.786. The van der Waals surface area contributed by atoms with Gasteiger partial charge in [-0.15, -0.1) is 11.8 Å². The number of carbonyl (C=O) groups is 2. The maximum absolute atomic E-state index is 12.1. The number of hydrogen-bond donors (Lipinski definition) is 2. The molecule has 0 radical (unpaired) electrons. The fraction of sp³-hybridized carbons (Fsp3) is 0.250. The van der Waals surface area contributed by atoms with Crippen LogP contribution in [0.25, 0.3) is 0 Å². The van der Waals surface area contributed by atoms with Crippen LogP contribution in [-0.2, 0) is 10.5 Å². The van der Waals surface area contributed by atoms with E-state index >= 15 is 0 Å². The molecule has 0 aliphatic heterocycles. The van der Waals surface area contributed by atoms with Gasteiger partial charge in [0.25, 0.3) is 5.91 Å². The summed E-state index contributed by atoms with van der Waals surface area (Å²) in [5.74, 6) is -1.12. The summed E-state index contributed by atoms with van der Waals surface area (Å²) < 4.78 is 5.23. The Morgan fingerprint density at radius 2 is 2.00 bits per heavy atom. The van der Waals surface area contributed by atoms with Crippen LogP contribution in [0.4, 0.5) is 0 Å². The summed E-state index contributed by atoms with van der Waals surface area (Å²) in [6.07, 6.45) is 1.47. The van der Waals surface area contributed by atoms with E-state index in [4.69, 9.17) is 9.52 Å². The van der Waals surface area contributed by atoms with Gasteiger partial charge in [-0.25, -0.2) is 0 Å². The van der Waals surface area contributed by atoms with Crippen molar-refractivity contribution in [3.05, 3.63) is 54.0 Å². The van der Waals surface area contributed by atoms with Gasteiger partial charge < -0.3 is 14.8 Å². The lowest BCUT2D eigenvalue weighted by Crippen LogP contribution is -2.31. The topological polar surface area (TPSA) is 79.5 Å².